The summed E-state index contributed by atoms with van der Waals surface area (Å²) in [5.41, 5.74) is 0.0157. The Morgan fingerprint density at radius 2 is 2.00 bits per heavy atom. The van der Waals surface area contributed by atoms with E-state index in [-0.39, 0.29) is 5.41 Å². The van der Waals surface area contributed by atoms with Gasteiger partial charge in [-0.25, -0.2) is 0 Å². The van der Waals surface area contributed by atoms with Crippen LogP contribution in [0.25, 0.3) is 0 Å². The molecule has 2 heteroatoms. The van der Waals surface area contributed by atoms with Gasteiger partial charge in [0.05, 0.1) is 6.42 Å². The molecule has 0 fully saturated rings. The van der Waals surface area contributed by atoms with E-state index >= 15 is 0 Å². The molecule has 1 unspecified atom stereocenters. The molecule has 1 atom stereocenters. The van der Waals surface area contributed by atoms with Crippen LogP contribution < -0.4 is 0 Å². The summed E-state index contributed by atoms with van der Waals surface area (Å²) >= 11 is 0. The lowest BCUT2D eigenvalue weighted by atomic mass is 9.79. The van der Waals surface area contributed by atoms with Crippen molar-refractivity contribution in [3.8, 4) is 0 Å². The van der Waals surface area contributed by atoms with Crippen molar-refractivity contribution in [3.63, 3.8) is 0 Å². The molecule has 0 radical (unpaired) electrons. The zero-order valence-electron chi connectivity index (χ0n) is 8.39. The van der Waals surface area contributed by atoms with Crippen LogP contribution in [0.15, 0.2) is 0 Å². The molecule has 12 heavy (non-hydrogen) atoms. The van der Waals surface area contributed by atoms with Crippen LogP contribution in [0.3, 0.4) is 0 Å². The summed E-state index contributed by atoms with van der Waals surface area (Å²) in [6.07, 6.45) is 4.59. The highest BCUT2D eigenvalue weighted by molar-refractivity contribution is 5.67. The molecular weight excluding hydrogens is 152 g/mol. The number of hydrogen-bond acceptors (Lipinski definition) is 1. The minimum Gasteiger partial charge on any atom is -0.481 e. The first-order chi connectivity index (χ1) is 5.54. The van der Waals surface area contributed by atoms with Crippen LogP contribution in [0.2, 0.25) is 0 Å². The average molecular weight is 172 g/mol. The largest absolute Gasteiger partial charge is 0.481 e. The topological polar surface area (TPSA) is 37.3 Å². The lowest BCUT2D eigenvalue weighted by Gasteiger charge is -2.25. The highest BCUT2D eigenvalue weighted by Crippen LogP contribution is 2.31. The summed E-state index contributed by atoms with van der Waals surface area (Å²) in [5.74, 6) is -0.671. The van der Waals surface area contributed by atoms with Crippen molar-refractivity contribution in [2.24, 2.45) is 5.41 Å². The number of aliphatic carboxylic acids is 1. The molecule has 1 N–H and O–H groups in total. The Morgan fingerprint density at radius 3 is 2.33 bits per heavy atom. The van der Waals surface area contributed by atoms with Gasteiger partial charge in [0.1, 0.15) is 0 Å². The van der Waals surface area contributed by atoms with Crippen LogP contribution in [-0.4, -0.2) is 11.1 Å². The molecule has 0 aromatic carbocycles. The summed E-state index contributed by atoms with van der Waals surface area (Å²) in [5, 5.41) is 8.68. The number of carbonyl (C=O) groups is 1. The predicted molar refractivity (Wildman–Crippen MR) is 50.2 cm³/mol. The number of unbranched alkanes of at least 4 members (excludes halogenated alkanes) is 1. The Hall–Kier alpha value is -0.530. The standard InChI is InChI=1S/C10H20O2/c1-4-6-7-10(3,5-2)8-9(11)12/h4-8H2,1-3H3,(H,11,12). The third-order valence-corrected chi connectivity index (χ3v) is 2.57. The first-order valence-electron chi connectivity index (χ1n) is 4.76. The fourth-order valence-corrected chi connectivity index (χ4v) is 1.36. The second kappa shape index (κ2) is 5.18. The van der Waals surface area contributed by atoms with Gasteiger partial charge < -0.3 is 5.11 Å². The Kier molecular flexibility index (Phi) is 4.95. The second-order valence-electron chi connectivity index (χ2n) is 3.84. The molecule has 0 saturated heterocycles. The predicted octanol–water partition coefficient (Wildman–Crippen LogP) is 3.07. The molecule has 0 heterocycles. The van der Waals surface area contributed by atoms with E-state index in [1.807, 2.05) is 0 Å². The van der Waals surface area contributed by atoms with Gasteiger partial charge in [0, 0.05) is 0 Å². The van der Waals surface area contributed by atoms with Crippen molar-refractivity contribution in [3.05, 3.63) is 0 Å². The zero-order valence-corrected chi connectivity index (χ0v) is 8.39. The van der Waals surface area contributed by atoms with E-state index in [4.69, 9.17) is 5.11 Å². The van der Waals surface area contributed by atoms with Crippen LogP contribution >= 0.6 is 0 Å². The first kappa shape index (κ1) is 11.5. The minimum atomic E-state index is -0.671. The highest BCUT2D eigenvalue weighted by Gasteiger charge is 2.24. The van der Waals surface area contributed by atoms with E-state index in [0.29, 0.717) is 6.42 Å². The highest BCUT2D eigenvalue weighted by atomic mass is 16.4. The normalized spacial score (nSPS) is 15.6. The Balaban J connectivity index is 3.95. The van der Waals surface area contributed by atoms with Gasteiger partial charge in [-0.05, 0) is 11.8 Å². The van der Waals surface area contributed by atoms with E-state index < -0.39 is 5.97 Å². The van der Waals surface area contributed by atoms with Gasteiger partial charge in [0.2, 0.25) is 0 Å². The Bertz CT molecular complexity index is 143. The Morgan fingerprint density at radius 1 is 1.42 bits per heavy atom. The summed E-state index contributed by atoms with van der Waals surface area (Å²) in [6, 6.07) is 0. The van der Waals surface area contributed by atoms with Crippen molar-refractivity contribution in [1.29, 1.82) is 0 Å². The van der Waals surface area contributed by atoms with E-state index in [0.717, 1.165) is 25.7 Å². The maximum Gasteiger partial charge on any atom is 0.303 e. The summed E-state index contributed by atoms with van der Waals surface area (Å²) in [4.78, 5) is 10.5. The number of carboxylic acids is 1. The van der Waals surface area contributed by atoms with Crippen LogP contribution in [0.4, 0.5) is 0 Å². The fraction of sp³-hybridized carbons (Fsp3) is 0.900. The molecule has 72 valence electrons. The summed E-state index contributed by atoms with van der Waals surface area (Å²) in [7, 11) is 0. The zero-order chi connectivity index (χ0) is 9.61. The van der Waals surface area contributed by atoms with Crippen LogP contribution in [-0.2, 0) is 4.79 Å². The molecule has 0 bridgehead atoms. The average Bonchev–Trinajstić information content (AvgIpc) is 2.00. The number of rotatable bonds is 6. The summed E-state index contributed by atoms with van der Waals surface area (Å²) < 4.78 is 0. The molecule has 0 aromatic rings. The van der Waals surface area contributed by atoms with E-state index in [1.165, 1.54) is 0 Å². The maximum atomic E-state index is 10.5. The molecule has 0 aromatic heterocycles. The van der Waals surface area contributed by atoms with E-state index in [1.54, 1.807) is 0 Å². The molecule has 0 amide bonds. The molecule has 0 aliphatic carbocycles. The molecule has 0 spiro atoms. The van der Waals surface area contributed by atoms with Gasteiger partial charge in [0.25, 0.3) is 0 Å². The van der Waals surface area contributed by atoms with Gasteiger partial charge in [0.15, 0.2) is 0 Å². The number of carboxylic acid groups (broad SMARTS) is 1. The SMILES string of the molecule is CCCCC(C)(CC)CC(=O)O. The van der Waals surface area contributed by atoms with Crippen LogP contribution in [0, 0.1) is 5.41 Å². The van der Waals surface area contributed by atoms with Crippen LogP contribution in [0.5, 0.6) is 0 Å². The van der Waals surface area contributed by atoms with Crippen molar-refractivity contribution >= 4 is 5.97 Å². The molecule has 2 nitrogen and oxygen atoms in total. The first-order valence-corrected chi connectivity index (χ1v) is 4.76. The molecule has 0 aliphatic rings. The molecule has 0 aliphatic heterocycles. The molecule has 0 rings (SSSR count). The van der Waals surface area contributed by atoms with Crippen molar-refractivity contribution in [2.45, 2.75) is 52.9 Å². The number of hydrogen-bond donors (Lipinski definition) is 1. The third kappa shape index (κ3) is 4.37. The van der Waals surface area contributed by atoms with Gasteiger partial charge in [-0.3, -0.25) is 4.79 Å². The lowest BCUT2D eigenvalue weighted by molar-refractivity contribution is -0.139. The van der Waals surface area contributed by atoms with Gasteiger partial charge in [-0.2, -0.15) is 0 Å². The Labute approximate surface area is 75.0 Å². The fourth-order valence-electron chi connectivity index (χ4n) is 1.36. The van der Waals surface area contributed by atoms with Gasteiger partial charge >= 0.3 is 5.97 Å². The monoisotopic (exact) mass is 172 g/mol. The molecule has 0 saturated carbocycles. The third-order valence-electron chi connectivity index (χ3n) is 2.57. The lowest BCUT2D eigenvalue weighted by Crippen LogP contribution is -2.19. The van der Waals surface area contributed by atoms with E-state index in [9.17, 15) is 4.79 Å². The summed E-state index contributed by atoms with van der Waals surface area (Å²) in [6.45, 7) is 6.27. The van der Waals surface area contributed by atoms with Gasteiger partial charge in [-0.15, -0.1) is 0 Å². The van der Waals surface area contributed by atoms with E-state index in [2.05, 4.69) is 20.8 Å². The second-order valence-corrected chi connectivity index (χ2v) is 3.84. The van der Waals surface area contributed by atoms with Gasteiger partial charge in [-0.1, -0.05) is 40.0 Å². The minimum absolute atomic E-state index is 0.0157. The van der Waals surface area contributed by atoms with Crippen molar-refractivity contribution in [1.82, 2.24) is 0 Å². The van der Waals surface area contributed by atoms with Crippen molar-refractivity contribution in [2.75, 3.05) is 0 Å². The van der Waals surface area contributed by atoms with Crippen molar-refractivity contribution < 1.29 is 9.90 Å². The molecular formula is C10H20O2. The maximum absolute atomic E-state index is 10.5. The quantitative estimate of drug-likeness (QED) is 0.668. The van der Waals surface area contributed by atoms with Crippen LogP contribution in [0.1, 0.15) is 52.9 Å². The smallest absolute Gasteiger partial charge is 0.303 e.